The van der Waals surface area contributed by atoms with Gasteiger partial charge in [0, 0.05) is 13.1 Å². The van der Waals surface area contributed by atoms with Crippen LogP contribution in [0.15, 0.2) is 42.6 Å². The van der Waals surface area contributed by atoms with Gasteiger partial charge in [-0.05, 0) is 43.0 Å². The van der Waals surface area contributed by atoms with Gasteiger partial charge >= 0.3 is 0 Å². The molecule has 1 amide bonds. The Morgan fingerprint density at radius 2 is 2.13 bits per heavy atom. The molecule has 0 aliphatic carbocycles. The molecule has 0 radical (unpaired) electrons. The summed E-state index contributed by atoms with van der Waals surface area (Å²) in [5, 5.41) is 2.63. The highest BCUT2D eigenvalue weighted by Crippen LogP contribution is 2.23. The third-order valence-electron chi connectivity index (χ3n) is 4.13. The van der Waals surface area contributed by atoms with Gasteiger partial charge in [0.25, 0.3) is 5.91 Å². The number of halogens is 1. The lowest BCUT2D eigenvalue weighted by atomic mass is 10.00. The number of benzene rings is 1. The molecule has 1 atom stereocenters. The number of piperidine rings is 1. The number of carbonyl (C=O) groups excluding carboxylic acids is 1. The Morgan fingerprint density at radius 1 is 1.30 bits per heavy atom. The number of hydrogen-bond donors (Lipinski definition) is 1. The van der Waals surface area contributed by atoms with Crippen LogP contribution in [0, 0.1) is 11.7 Å². The molecule has 23 heavy (non-hydrogen) atoms. The van der Waals surface area contributed by atoms with Crippen LogP contribution in [0.1, 0.15) is 30.1 Å². The van der Waals surface area contributed by atoms with Crippen LogP contribution in [0.3, 0.4) is 0 Å². The minimum atomic E-state index is -0.538. The number of hydrogen-bond acceptors (Lipinski definition) is 3. The normalized spacial score (nSPS) is 17.8. The first kappa shape index (κ1) is 15.5. The molecule has 2 aromatic rings. The number of amides is 1. The molecule has 1 unspecified atom stereocenters. The van der Waals surface area contributed by atoms with Crippen molar-refractivity contribution in [3.8, 4) is 0 Å². The van der Waals surface area contributed by atoms with Gasteiger partial charge in [-0.1, -0.05) is 19.1 Å². The van der Waals surface area contributed by atoms with Gasteiger partial charge in [-0.25, -0.2) is 9.37 Å². The summed E-state index contributed by atoms with van der Waals surface area (Å²) in [6, 6.07) is 9.61. The Hall–Kier alpha value is -2.43. The van der Waals surface area contributed by atoms with E-state index in [1.54, 1.807) is 24.4 Å². The molecule has 1 aliphatic heterocycles. The van der Waals surface area contributed by atoms with E-state index in [9.17, 15) is 9.18 Å². The number of nitrogens with one attached hydrogen (secondary N) is 1. The summed E-state index contributed by atoms with van der Waals surface area (Å²) in [5.41, 5.74) is 1.07. The zero-order valence-corrected chi connectivity index (χ0v) is 13.1. The Labute approximate surface area is 135 Å². The third-order valence-corrected chi connectivity index (χ3v) is 4.13. The molecule has 1 saturated heterocycles. The maximum atomic E-state index is 13.6. The van der Waals surface area contributed by atoms with E-state index >= 15 is 0 Å². The monoisotopic (exact) mass is 313 g/mol. The maximum Gasteiger partial charge on any atom is 0.259 e. The second kappa shape index (κ2) is 6.77. The number of anilines is 2. The molecule has 2 heterocycles. The Morgan fingerprint density at radius 3 is 2.83 bits per heavy atom. The molecule has 5 heteroatoms. The Kier molecular flexibility index (Phi) is 4.55. The zero-order valence-electron chi connectivity index (χ0n) is 13.1. The summed E-state index contributed by atoms with van der Waals surface area (Å²) in [6.07, 6.45) is 4.21. The highest BCUT2D eigenvalue weighted by atomic mass is 19.1. The highest BCUT2D eigenvalue weighted by Gasteiger charge is 2.17. The summed E-state index contributed by atoms with van der Waals surface area (Å²) in [4.78, 5) is 18.7. The molecule has 1 aliphatic rings. The highest BCUT2D eigenvalue weighted by molar-refractivity contribution is 6.03. The minimum Gasteiger partial charge on any atom is -0.370 e. The summed E-state index contributed by atoms with van der Waals surface area (Å²) < 4.78 is 13.6. The zero-order chi connectivity index (χ0) is 16.2. The predicted molar refractivity (Wildman–Crippen MR) is 89.2 cm³/mol. The predicted octanol–water partition coefficient (Wildman–Crippen LogP) is 3.71. The van der Waals surface area contributed by atoms with Crippen molar-refractivity contribution in [3.05, 3.63) is 54.0 Å². The number of nitrogens with zero attached hydrogens (tertiary/aromatic N) is 2. The summed E-state index contributed by atoms with van der Waals surface area (Å²) in [7, 11) is 0. The molecular formula is C18H20FN3O. The van der Waals surface area contributed by atoms with Crippen molar-refractivity contribution in [2.24, 2.45) is 5.92 Å². The van der Waals surface area contributed by atoms with E-state index in [-0.39, 0.29) is 5.56 Å². The average molecular weight is 313 g/mol. The van der Waals surface area contributed by atoms with E-state index in [0.29, 0.717) is 11.7 Å². The molecule has 1 aromatic carbocycles. The van der Waals surface area contributed by atoms with Gasteiger partial charge in [0.05, 0.1) is 17.4 Å². The van der Waals surface area contributed by atoms with Crippen LogP contribution in [0.5, 0.6) is 0 Å². The van der Waals surface area contributed by atoms with Crippen molar-refractivity contribution in [1.82, 2.24) is 4.98 Å². The average Bonchev–Trinajstić information content (AvgIpc) is 2.56. The molecule has 0 spiro atoms. The fourth-order valence-electron chi connectivity index (χ4n) is 2.90. The number of carbonyl (C=O) groups is 1. The molecule has 4 nitrogen and oxygen atoms in total. The largest absolute Gasteiger partial charge is 0.370 e. The number of pyridine rings is 1. The van der Waals surface area contributed by atoms with Gasteiger partial charge in [0.15, 0.2) is 0 Å². The van der Waals surface area contributed by atoms with Gasteiger partial charge in [-0.15, -0.1) is 0 Å². The fraction of sp³-hybridized carbons (Fsp3) is 0.333. The topological polar surface area (TPSA) is 45.2 Å². The molecule has 0 bridgehead atoms. The first-order chi connectivity index (χ1) is 11.1. The quantitative estimate of drug-likeness (QED) is 0.939. The van der Waals surface area contributed by atoms with E-state index in [0.717, 1.165) is 18.8 Å². The van der Waals surface area contributed by atoms with Crippen molar-refractivity contribution in [1.29, 1.82) is 0 Å². The third kappa shape index (κ3) is 3.67. The molecule has 3 rings (SSSR count). The van der Waals surface area contributed by atoms with Crippen LogP contribution < -0.4 is 10.2 Å². The van der Waals surface area contributed by atoms with Crippen LogP contribution in [0.25, 0.3) is 0 Å². The van der Waals surface area contributed by atoms with Gasteiger partial charge in [-0.2, -0.15) is 0 Å². The van der Waals surface area contributed by atoms with Gasteiger partial charge < -0.3 is 10.2 Å². The number of aromatic nitrogens is 1. The van der Waals surface area contributed by atoms with Crippen LogP contribution in [-0.2, 0) is 0 Å². The Bertz CT molecular complexity index is 687. The van der Waals surface area contributed by atoms with Crippen LogP contribution in [0.2, 0.25) is 0 Å². The molecule has 1 N–H and O–H groups in total. The summed E-state index contributed by atoms with van der Waals surface area (Å²) >= 11 is 0. The number of rotatable bonds is 3. The lowest BCUT2D eigenvalue weighted by Gasteiger charge is -2.32. The van der Waals surface area contributed by atoms with E-state index in [1.165, 1.54) is 25.0 Å². The van der Waals surface area contributed by atoms with E-state index in [2.05, 4.69) is 22.1 Å². The van der Waals surface area contributed by atoms with Crippen molar-refractivity contribution >= 4 is 17.4 Å². The van der Waals surface area contributed by atoms with Gasteiger partial charge in [-0.3, -0.25) is 4.79 Å². The van der Waals surface area contributed by atoms with E-state index < -0.39 is 11.7 Å². The lowest BCUT2D eigenvalue weighted by molar-refractivity contribution is 0.102. The van der Waals surface area contributed by atoms with Crippen LogP contribution in [0.4, 0.5) is 15.9 Å². The van der Waals surface area contributed by atoms with Gasteiger partial charge in [0.1, 0.15) is 11.6 Å². The Balaban J connectivity index is 1.68. The molecule has 120 valence electrons. The second-order valence-corrected chi connectivity index (χ2v) is 6.03. The first-order valence-electron chi connectivity index (χ1n) is 7.90. The molecule has 1 aromatic heterocycles. The van der Waals surface area contributed by atoms with Crippen LogP contribution >= 0.6 is 0 Å². The molecular weight excluding hydrogens is 293 g/mol. The second-order valence-electron chi connectivity index (χ2n) is 6.03. The van der Waals surface area contributed by atoms with Crippen molar-refractivity contribution < 1.29 is 9.18 Å². The van der Waals surface area contributed by atoms with Crippen molar-refractivity contribution in [2.45, 2.75) is 19.8 Å². The van der Waals surface area contributed by atoms with Crippen molar-refractivity contribution in [3.63, 3.8) is 0 Å². The van der Waals surface area contributed by atoms with Crippen LogP contribution in [-0.4, -0.2) is 24.0 Å². The standard InChI is InChI=1S/C18H20FN3O/c1-13-5-4-10-22(12-13)14-8-9-17(20-11-14)21-18(23)15-6-2-3-7-16(15)19/h2-3,6-9,11,13H,4-5,10,12H2,1H3,(H,20,21,23). The maximum absolute atomic E-state index is 13.6. The van der Waals surface area contributed by atoms with E-state index in [4.69, 9.17) is 0 Å². The minimum absolute atomic E-state index is 0.0169. The van der Waals surface area contributed by atoms with Crippen molar-refractivity contribution in [2.75, 3.05) is 23.3 Å². The van der Waals surface area contributed by atoms with Gasteiger partial charge in [0.2, 0.25) is 0 Å². The molecule has 1 fully saturated rings. The van der Waals surface area contributed by atoms with E-state index in [1.807, 2.05) is 6.07 Å². The molecule has 0 saturated carbocycles. The first-order valence-corrected chi connectivity index (χ1v) is 7.90. The smallest absolute Gasteiger partial charge is 0.259 e. The summed E-state index contributed by atoms with van der Waals surface area (Å²) in [6.45, 7) is 4.32. The lowest BCUT2D eigenvalue weighted by Crippen LogP contribution is -2.34. The fourth-order valence-corrected chi connectivity index (χ4v) is 2.90. The summed E-state index contributed by atoms with van der Waals surface area (Å²) in [5.74, 6) is 0.0788. The SMILES string of the molecule is CC1CCCN(c2ccc(NC(=O)c3ccccc3F)nc2)C1.